The summed E-state index contributed by atoms with van der Waals surface area (Å²) in [6.45, 7) is 0. The van der Waals surface area contributed by atoms with Gasteiger partial charge in [-0.15, -0.1) is 0 Å². The molecule has 0 amide bonds. The Hall–Kier alpha value is -1.64. The lowest BCUT2D eigenvalue weighted by Gasteiger charge is -1.90. The van der Waals surface area contributed by atoms with E-state index in [-0.39, 0.29) is 5.43 Å². The zero-order valence-electron chi connectivity index (χ0n) is 5.65. The Bertz CT molecular complexity index is 428. The van der Waals surface area contributed by atoms with Gasteiger partial charge in [0.1, 0.15) is 0 Å². The second-order valence-electron chi connectivity index (χ2n) is 2.14. The Kier molecular flexibility index (Phi) is 1.22. The smallest absolute Gasteiger partial charge is 0.229 e. The van der Waals surface area contributed by atoms with Crippen LogP contribution in [0.5, 0.6) is 0 Å². The highest BCUT2D eigenvalue weighted by Crippen LogP contribution is 2.02. The lowest BCUT2D eigenvalue weighted by Crippen LogP contribution is -1.97. The van der Waals surface area contributed by atoms with Gasteiger partial charge in [-0.2, -0.15) is 0 Å². The van der Waals surface area contributed by atoms with Crippen LogP contribution < -0.4 is 5.43 Å². The van der Waals surface area contributed by atoms with Gasteiger partial charge in [0.2, 0.25) is 5.71 Å². The topological polar surface area (TPSA) is 43.1 Å². The minimum atomic E-state index is -0.0562. The van der Waals surface area contributed by atoms with Crippen LogP contribution in [0.2, 0.25) is 0 Å². The monoisotopic (exact) mass is 147 g/mol. The average Bonchev–Trinajstić information content (AvgIpc) is 2.06. The van der Waals surface area contributed by atoms with Crippen LogP contribution in [0.15, 0.2) is 39.9 Å². The molecule has 0 unspecified atom stereocenters. The molecule has 0 saturated heterocycles. The van der Waals surface area contributed by atoms with E-state index in [4.69, 9.17) is 4.42 Å². The largest absolute Gasteiger partial charge is 0.446 e. The number of aromatic nitrogens is 1. The van der Waals surface area contributed by atoms with E-state index in [0.29, 0.717) is 11.1 Å². The summed E-state index contributed by atoms with van der Waals surface area (Å²) in [5, 5.41) is 0.523. The highest BCUT2D eigenvalue weighted by atomic mass is 16.3. The van der Waals surface area contributed by atoms with E-state index in [2.05, 4.69) is 4.98 Å². The standard InChI is InChI=1S/C8H5NO2/c10-7-3-5-11-8-6(7)2-1-4-9-8/h1-5H. The highest BCUT2D eigenvalue weighted by molar-refractivity contribution is 5.71. The maximum atomic E-state index is 11.1. The predicted molar refractivity (Wildman–Crippen MR) is 40.3 cm³/mol. The van der Waals surface area contributed by atoms with Gasteiger partial charge in [0.25, 0.3) is 0 Å². The van der Waals surface area contributed by atoms with Crippen LogP contribution in [-0.4, -0.2) is 4.98 Å². The van der Waals surface area contributed by atoms with Crippen molar-refractivity contribution in [3.8, 4) is 0 Å². The molecule has 3 heteroatoms. The molecule has 0 saturated carbocycles. The van der Waals surface area contributed by atoms with E-state index < -0.39 is 0 Å². The van der Waals surface area contributed by atoms with Gasteiger partial charge in [0, 0.05) is 12.3 Å². The maximum absolute atomic E-state index is 11.1. The lowest BCUT2D eigenvalue weighted by molar-refractivity contribution is 0.589. The minimum absolute atomic E-state index is 0.0562. The molecule has 0 aromatic carbocycles. The molecule has 0 aliphatic rings. The third kappa shape index (κ3) is 0.902. The molecule has 0 radical (unpaired) electrons. The van der Waals surface area contributed by atoms with E-state index in [1.807, 2.05) is 0 Å². The number of nitrogens with zero attached hydrogens (tertiary/aromatic N) is 1. The van der Waals surface area contributed by atoms with Crippen molar-refractivity contribution in [2.45, 2.75) is 0 Å². The van der Waals surface area contributed by atoms with Crippen molar-refractivity contribution < 1.29 is 4.42 Å². The Morgan fingerprint density at radius 2 is 2.27 bits per heavy atom. The average molecular weight is 147 g/mol. The van der Waals surface area contributed by atoms with Crippen LogP contribution in [0.25, 0.3) is 11.1 Å². The molecule has 3 nitrogen and oxygen atoms in total. The highest BCUT2D eigenvalue weighted by Gasteiger charge is 1.96. The normalized spacial score (nSPS) is 10.2. The second-order valence-corrected chi connectivity index (χ2v) is 2.14. The summed E-state index contributed by atoms with van der Waals surface area (Å²) in [4.78, 5) is 15.0. The Balaban J connectivity index is 3.03. The summed E-state index contributed by atoms with van der Waals surface area (Å²) in [5.41, 5.74) is 0.333. The van der Waals surface area contributed by atoms with Crippen LogP contribution in [0.1, 0.15) is 0 Å². The number of hydrogen-bond acceptors (Lipinski definition) is 3. The van der Waals surface area contributed by atoms with Crippen molar-refractivity contribution in [1.29, 1.82) is 0 Å². The van der Waals surface area contributed by atoms with Gasteiger partial charge in [-0.1, -0.05) is 0 Å². The lowest BCUT2D eigenvalue weighted by atomic mass is 10.3. The molecular formula is C8H5NO2. The van der Waals surface area contributed by atoms with Crippen molar-refractivity contribution >= 4 is 11.1 Å². The van der Waals surface area contributed by atoms with Crippen LogP contribution in [0, 0.1) is 0 Å². The predicted octanol–water partition coefficient (Wildman–Crippen LogP) is 1.19. The third-order valence-electron chi connectivity index (χ3n) is 1.44. The van der Waals surface area contributed by atoms with Gasteiger partial charge in [-0.05, 0) is 12.1 Å². The summed E-state index contributed by atoms with van der Waals surface area (Å²) in [7, 11) is 0. The summed E-state index contributed by atoms with van der Waals surface area (Å²) in [6.07, 6.45) is 2.93. The molecule has 11 heavy (non-hydrogen) atoms. The summed E-state index contributed by atoms with van der Waals surface area (Å²) >= 11 is 0. The zero-order valence-corrected chi connectivity index (χ0v) is 5.65. The molecule has 0 N–H and O–H groups in total. The second kappa shape index (κ2) is 2.20. The number of fused-ring (bicyclic) bond motifs is 1. The molecule has 0 spiro atoms. The molecule has 0 aliphatic carbocycles. The fraction of sp³-hybridized carbons (Fsp3) is 0. The first-order valence-corrected chi connectivity index (χ1v) is 3.20. The minimum Gasteiger partial charge on any atom is -0.446 e. The molecular weight excluding hydrogens is 142 g/mol. The molecule has 0 aliphatic heterocycles. The Labute approximate surface area is 62.3 Å². The van der Waals surface area contributed by atoms with Crippen molar-refractivity contribution in [1.82, 2.24) is 4.98 Å². The fourth-order valence-electron chi connectivity index (χ4n) is 0.922. The fourth-order valence-corrected chi connectivity index (χ4v) is 0.922. The zero-order chi connectivity index (χ0) is 7.68. The van der Waals surface area contributed by atoms with Crippen LogP contribution in [0.3, 0.4) is 0 Å². The van der Waals surface area contributed by atoms with Crippen molar-refractivity contribution in [3.05, 3.63) is 40.9 Å². The third-order valence-corrected chi connectivity index (χ3v) is 1.44. The van der Waals surface area contributed by atoms with Crippen molar-refractivity contribution in [3.63, 3.8) is 0 Å². The Morgan fingerprint density at radius 1 is 1.36 bits per heavy atom. The van der Waals surface area contributed by atoms with Crippen molar-refractivity contribution in [2.75, 3.05) is 0 Å². The first-order valence-electron chi connectivity index (χ1n) is 3.20. The molecule has 2 heterocycles. The van der Waals surface area contributed by atoms with Crippen molar-refractivity contribution in [2.24, 2.45) is 0 Å². The molecule has 0 atom stereocenters. The molecule has 54 valence electrons. The van der Waals surface area contributed by atoms with E-state index in [1.54, 1.807) is 18.3 Å². The Morgan fingerprint density at radius 3 is 3.09 bits per heavy atom. The summed E-state index contributed by atoms with van der Waals surface area (Å²) in [5.74, 6) is 0. The number of hydrogen-bond donors (Lipinski definition) is 0. The van der Waals surface area contributed by atoms with Crippen LogP contribution in [-0.2, 0) is 0 Å². The first-order chi connectivity index (χ1) is 5.38. The molecule has 0 bridgehead atoms. The van der Waals surface area contributed by atoms with Gasteiger partial charge in [0.05, 0.1) is 11.6 Å². The van der Waals surface area contributed by atoms with Gasteiger partial charge in [-0.3, -0.25) is 4.79 Å². The van der Waals surface area contributed by atoms with Gasteiger partial charge in [0.15, 0.2) is 5.43 Å². The van der Waals surface area contributed by atoms with Crippen LogP contribution >= 0.6 is 0 Å². The quantitative estimate of drug-likeness (QED) is 0.562. The molecule has 2 aromatic rings. The summed E-state index contributed by atoms with van der Waals surface area (Å²) in [6, 6.07) is 4.78. The van der Waals surface area contributed by atoms with E-state index in [9.17, 15) is 4.79 Å². The van der Waals surface area contributed by atoms with E-state index >= 15 is 0 Å². The van der Waals surface area contributed by atoms with Crippen LogP contribution in [0.4, 0.5) is 0 Å². The molecule has 2 rings (SSSR count). The first kappa shape index (κ1) is 6.09. The summed E-state index contributed by atoms with van der Waals surface area (Å²) < 4.78 is 4.98. The van der Waals surface area contributed by atoms with Gasteiger partial charge in [-0.25, -0.2) is 4.98 Å². The van der Waals surface area contributed by atoms with E-state index in [1.165, 1.54) is 12.3 Å². The SMILES string of the molecule is O=c1ccoc2ncccc12. The number of rotatable bonds is 0. The maximum Gasteiger partial charge on any atom is 0.229 e. The molecule has 0 fully saturated rings. The number of pyridine rings is 1. The van der Waals surface area contributed by atoms with Gasteiger partial charge >= 0.3 is 0 Å². The van der Waals surface area contributed by atoms with Gasteiger partial charge < -0.3 is 4.42 Å². The van der Waals surface area contributed by atoms with E-state index in [0.717, 1.165) is 0 Å². The molecule has 2 aromatic heterocycles.